The summed E-state index contributed by atoms with van der Waals surface area (Å²) in [5.41, 5.74) is 3.66. The van der Waals surface area contributed by atoms with Gasteiger partial charge < -0.3 is 0 Å². The van der Waals surface area contributed by atoms with Crippen molar-refractivity contribution in [2.45, 2.75) is 0 Å². The van der Waals surface area contributed by atoms with E-state index in [1.54, 1.807) is 24.8 Å². The molecule has 4 nitrogen and oxygen atoms in total. The Morgan fingerprint density at radius 2 is 0.600 bits per heavy atom. The molecule has 0 aliphatic rings. The van der Waals surface area contributed by atoms with Gasteiger partial charge >= 0.3 is 19.8 Å². The molecule has 0 aliphatic heterocycles. The molecule has 4 rings (SSSR count). The third-order valence-electron chi connectivity index (χ3n) is 3.18. The summed E-state index contributed by atoms with van der Waals surface area (Å²) in [5, 5.41) is 0. The monoisotopic (exact) mass is 381 g/mol. The number of pyridine rings is 4. The number of hydrogen-bond donors (Lipinski definition) is 0. The zero-order chi connectivity index (χ0) is 16.5. The van der Waals surface area contributed by atoms with Gasteiger partial charge in [-0.1, -0.05) is 24.3 Å². The Bertz CT molecular complexity index is 692. The standard InChI is InChI=1S/2C10H8N2.Ga/c2*1-3-7-11-9(5-1)10-6-2-4-8-12-10;/h2*1-8H;/q;;+3. The summed E-state index contributed by atoms with van der Waals surface area (Å²) in [7, 11) is 0. The van der Waals surface area contributed by atoms with E-state index >= 15 is 0 Å². The Balaban J connectivity index is 0.000000173. The molecule has 0 atom stereocenters. The van der Waals surface area contributed by atoms with Crippen molar-refractivity contribution in [2.75, 3.05) is 0 Å². The summed E-state index contributed by atoms with van der Waals surface area (Å²) in [4.78, 5) is 16.7. The van der Waals surface area contributed by atoms with E-state index in [0.29, 0.717) is 0 Å². The van der Waals surface area contributed by atoms with Gasteiger partial charge in [0.05, 0.1) is 22.8 Å². The van der Waals surface area contributed by atoms with Gasteiger partial charge in [-0.05, 0) is 48.5 Å². The quantitative estimate of drug-likeness (QED) is 0.494. The fraction of sp³-hybridized carbons (Fsp3) is 0. The van der Waals surface area contributed by atoms with Gasteiger partial charge in [0, 0.05) is 24.8 Å². The van der Waals surface area contributed by atoms with Crippen LogP contribution in [-0.4, -0.2) is 39.7 Å². The van der Waals surface area contributed by atoms with E-state index in [-0.39, 0.29) is 19.8 Å². The number of nitrogens with zero attached hydrogens (tertiary/aromatic N) is 4. The van der Waals surface area contributed by atoms with Crippen LogP contribution in [0.1, 0.15) is 0 Å². The minimum atomic E-state index is 0. The zero-order valence-corrected chi connectivity index (χ0v) is 16.0. The van der Waals surface area contributed by atoms with Crippen LogP contribution in [0.5, 0.6) is 0 Å². The molecule has 0 saturated heterocycles. The van der Waals surface area contributed by atoms with Gasteiger partial charge in [-0.2, -0.15) is 0 Å². The fourth-order valence-corrected chi connectivity index (χ4v) is 2.06. The summed E-state index contributed by atoms with van der Waals surface area (Å²) in [6.07, 6.45) is 7.07. The summed E-state index contributed by atoms with van der Waals surface area (Å²) in [6, 6.07) is 23.2. The molecule has 5 heteroatoms. The number of aromatic nitrogens is 4. The molecule has 0 amide bonds. The second-order valence-corrected chi connectivity index (χ2v) is 4.86. The van der Waals surface area contributed by atoms with E-state index in [9.17, 15) is 0 Å². The first-order valence-electron chi connectivity index (χ1n) is 7.58. The van der Waals surface area contributed by atoms with Crippen molar-refractivity contribution in [2.24, 2.45) is 0 Å². The van der Waals surface area contributed by atoms with Crippen molar-refractivity contribution in [3.63, 3.8) is 0 Å². The largest absolute Gasteiger partial charge is 3.00 e. The van der Waals surface area contributed by atoms with Crippen LogP contribution >= 0.6 is 0 Å². The maximum absolute atomic E-state index is 4.19. The van der Waals surface area contributed by atoms with Crippen LogP contribution < -0.4 is 0 Å². The van der Waals surface area contributed by atoms with Crippen molar-refractivity contribution >= 4 is 19.8 Å². The molecular formula is C20H16GaN4+3. The van der Waals surface area contributed by atoms with E-state index in [2.05, 4.69) is 19.9 Å². The smallest absolute Gasteiger partial charge is 0.255 e. The average Bonchev–Trinajstić information content (AvgIpc) is 2.71. The van der Waals surface area contributed by atoms with Gasteiger partial charge in [-0.3, -0.25) is 19.9 Å². The summed E-state index contributed by atoms with van der Waals surface area (Å²) >= 11 is 0. The van der Waals surface area contributed by atoms with Gasteiger partial charge in [0.25, 0.3) is 0 Å². The van der Waals surface area contributed by atoms with Gasteiger partial charge in [-0.15, -0.1) is 0 Å². The van der Waals surface area contributed by atoms with Crippen LogP contribution in [0.3, 0.4) is 0 Å². The van der Waals surface area contributed by atoms with Crippen molar-refractivity contribution in [1.29, 1.82) is 0 Å². The van der Waals surface area contributed by atoms with Crippen LogP contribution in [0.15, 0.2) is 97.6 Å². The van der Waals surface area contributed by atoms with Gasteiger partial charge in [-0.25, -0.2) is 0 Å². The molecule has 0 N–H and O–H groups in total. The third kappa shape index (κ3) is 5.67. The minimum Gasteiger partial charge on any atom is -0.255 e. The molecule has 0 fully saturated rings. The van der Waals surface area contributed by atoms with Gasteiger partial charge in [0.2, 0.25) is 0 Å². The molecule has 4 aromatic rings. The van der Waals surface area contributed by atoms with Crippen LogP contribution in [0.2, 0.25) is 0 Å². The van der Waals surface area contributed by atoms with E-state index in [4.69, 9.17) is 0 Å². The average molecular weight is 382 g/mol. The van der Waals surface area contributed by atoms with Gasteiger partial charge in [0.1, 0.15) is 0 Å². The fourth-order valence-electron chi connectivity index (χ4n) is 2.06. The first-order chi connectivity index (χ1) is 11.9. The van der Waals surface area contributed by atoms with Crippen LogP contribution in [-0.2, 0) is 0 Å². The number of hydrogen-bond acceptors (Lipinski definition) is 4. The van der Waals surface area contributed by atoms with Crippen molar-refractivity contribution in [3.8, 4) is 22.8 Å². The summed E-state index contributed by atoms with van der Waals surface area (Å²) in [5.74, 6) is 0. The maximum atomic E-state index is 4.19. The molecule has 0 unspecified atom stereocenters. The topological polar surface area (TPSA) is 51.6 Å². The minimum absolute atomic E-state index is 0. The Hall–Kier alpha value is -2.76. The van der Waals surface area contributed by atoms with Crippen molar-refractivity contribution in [1.82, 2.24) is 19.9 Å². The van der Waals surface area contributed by atoms with Crippen molar-refractivity contribution < 1.29 is 0 Å². The van der Waals surface area contributed by atoms with E-state index in [1.165, 1.54) is 0 Å². The maximum Gasteiger partial charge on any atom is 3.00 e. The SMILES string of the molecule is [Ga+3].c1ccc(-c2ccccn2)nc1.c1ccc(-c2ccccn2)nc1. The van der Waals surface area contributed by atoms with E-state index in [0.717, 1.165) is 22.8 Å². The molecule has 4 aromatic heterocycles. The molecule has 0 saturated carbocycles. The van der Waals surface area contributed by atoms with Gasteiger partial charge in [0.15, 0.2) is 0 Å². The molecule has 0 spiro atoms. The van der Waals surface area contributed by atoms with Crippen LogP contribution in [0.25, 0.3) is 22.8 Å². The Morgan fingerprint density at radius 1 is 0.360 bits per heavy atom. The molecule has 0 aliphatic carbocycles. The molecule has 116 valence electrons. The zero-order valence-electron chi connectivity index (χ0n) is 13.6. The summed E-state index contributed by atoms with van der Waals surface area (Å²) < 4.78 is 0. The van der Waals surface area contributed by atoms with E-state index < -0.39 is 0 Å². The Labute approximate surface area is 160 Å². The third-order valence-corrected chi connectivity index (χ3v) is 3.18. The molecular weight excluding hydrogens is 366 g/mol. The van der Waals surface area contributed by atoms with E-state index in [1.807, 2.05) is 72.8 Å². The summed E-state index contributed by atoms with van der Waals surface area (Å²) in [6.45, 7) is 0. The van der Waals surface area contributed by atoms with Crippen LogP contribution in [0.4, 0.5) is 0 Å². The molecule has 0 bridgehead atoms. The molecule has 0 aromatic carbocycles. The Morgan fingerprint density at radius 3 is 0.760 bits per heavy atom. The number of rotatable bonds is 2. The van der Waals surface area contributed by atoms with Crippen molar-refractivity contribution in [3.05, 3.63) is 97.6 Å². The first-order valence-corrected chi connectivity index (χ1v) is 7.58. The predicted octanol–water partition coefficient (Wildman–Crippen LogP) is 3.91. The first kappa shape index (κ1) is 18.6. The molecule has 0 radical (unpaired) electrons. The normalized spacial score (nSPS) is 9.28. The second kappa shape index (κ2) is 10.2. The second-order valence-electron chi connectivity index (χ2n) is 4.86. The molecule has 4 heterocycles. The Kier molecular flexibility index (Phi) is 7.56. The van der Waals surface area contributed by atoms with Crippen LogP contribution in [0, 0.1) is 0 Å². The predicted molar refractivity (Wildman–Crippen MR) is 101 cm³/mol. The molecule has 25 heavy (non-hydrogen) atoms.